The second-order valence-corrected chi connectivity index (χ2v) is 7.55. The summed E-state index contributed by atoms with van der Waals surface area (Å²) < 4.78 is 5.38. The van der Waals surface area contributed by atoms with Gasteiger partial charge < -0.3 is 15.4 Å². The number of carbonyl (C=O) groups is 2. The third kappa shape index (κ3) is 7.44. The molecule has 1 aliphatic rings. The molecule has 3 N–H and O–H groups in total. The van der Waals surface area contributed by atoms with Crippen LogP contribution < -0.4 is 16.1 Å². The van der Waals surface area contributed by atoms with Crippen LogP contribution >= 0.6 is 0 Å². The van der Waals surface area contributed by atoms with Gasteiger partial charge in [-0.25, -0.2) is 15.3 Å². The first-order valence-electron chi connectivity index (χ1n) is 10.7. The van der Waals surface area contributed by atoms with E-state index in [1.54, 1.807) is 6.92 Å². The van der Waals surface area contributed by atoms with Gasteiger partial charge in [0.05, 0.1) is 24.1 Å². The second kappa shape index (κ2) is 11.9. The lowest BCUT2D eigenvalue weighted by Crippen LogP contribution is -2.39. The molecule has 32 heavy (non-hydrogen) atoms. The van der Waals surface area contributed by atoms with E-state index in [-0.39, 0.29) is 11.9 Å². The summed E-state index contributed by atoms with van der Waals surface area (Å²) in [6.07, 6.45) is 8.22. The Hall–Kier alpha value is -3.30. The first-order chi connectivity index (χ1) is 15.5. The van der Waals surface area contributed by atoms with Crippen LogP contribution in [0.15, 0.2) is 48.8 Å². The van der Waals surface area contributed by atoms with Gasteiger partial charge in [-0.1, -0.05) is 30.3 Å². The van der Waals surface area contributed by atoms with Gasteiger partial charge in [0.2, 0.25) is 5.91 Å². The summed E-state index contributed by atoms with van der Waals surface area (Å²) in [4.78, 5) is 38.0. The molecular formula is C23H29N5O4. The lowest BCUT2D eigenvalue weighted by molar-refractivity contribution is -0.198. The fourth-order valence-corrected chi connectivity index (χ4v) is 3.07. The van der Waals surface area contributed by atoms with Crippen LogP contribution in [0.3, 0.4) is 0 Å². The van der Waals surface area contributed by atoms with Crippen LogP contribution in [0, 0.1) is 0 Å². The Balaban J connectivity index is 1.43. The van der Waals surface area contributed by atoms with E-state index in [1.165, 1.54) is 24.5 Å². The molecular weight excluding hydrogens is 410 g/mol. The summed E-state index contributed by atoms with van der Waals surface area (Å²) in [6.45, 7) is 4.33. The first-order valence-corrected chi connectivity index (χ1v) is 10.7. The molecule has 3 atom stereocenters. The fraction of sp³-hybridized carbons (Fsp3) is 0.391. The minimum absolute atomic E-state index is 0.105. The molecule has 2 aromatic rings. The van der Waals surface area contributed by atoms with Crippen molar-refractivity contribution in [2.45, 2.75) is 51.5 Å². The summed E-state index contributed by atoms with van der Waals surface area (Å²) in [5.74, 6) is -0.105. The summed E-state index contributed by atoms with van der Waals surface area (Å²) in [6, 6.07) is 9.15. The molecule has 170 valence electrons. The van der Waals surface area contributed by atoms with E-state index in [2.05, 4.69) is 26.1 Å². The summed E-state index contributed by atoms with van der Waals surface area (Å²) >= 11 is 0. The number of amides is 2. The van der Waals surface area contributed by atoms with Crippen LogP contribution in [0.25, 0.3) is 6.08 Å². The quantitative estimate of drug-likeness (QED) is 0.407. The smallest absolute Gasteiger partial charge is 0.267 e. The molecule has 0 aliphatic carbocycles. The molecule has 2 amide bonds. The molecule has 9 nitrogen and oxygen atoms in total. The molecule has 3 rings (SSSR count). The van der Waals surface area contributed by atoms with Gasteiger partial charge in [-0.15, -0.1) is 0 Å². The maximum absolute atomic E-state index is 12.5. The number of hydrogen-bond acceptors (Lipinski definition) is 7. The SMILES string of the molecule is C[C@H](NC(=O)[C@@H](C)Nc1cnc(/C=C/C(=O)NOC2CCCCO2)cn1)c1ccccc1. The predicted molar refractivity (Wildman–Crippen MR) is 120 cm³/mol. The molecule has 1 aromatic carbocycles. The summed E-state index contributed by atoms with van der Waals surface area (Å²) in [7, 11) is 0. The van der Waals surface area contributed by atoms with Crippen LogP contribution in [-0.4, -0.2) is 40.7 Å². The van der Waals surface area contributed by atoms with E-state index in [4.69, 9.17) is 9.57 Å². The number of anilines is 1. The molecule has 1 saturated heterocycles. The van der Waals surface area contributed by atoms with E-state index < -0.39 is 18.2 Å². The first kappa shape index (κ1) is 23.4. The van der Waals surface area contributed by atoms with Crippen molar-refractivity contribution in [1.82, 2.24) is 20.8 Å². The molecule has 0 spiro atoms. The fourth-order valence-electron chi connectivity index (χ4n) is 3.07. The minimum atomic E-state index is -0.498. The Bertz CT molecular complexity index is 898. The standard InChI is InChI=1S/C23H29N5O4/c1-16(18-8-4-3-5-9-18)27-23(30)17(2)26-20-15-24-19(14-25-20)11-12-21(29)28-32-22-10-6-7-13-31-22/h3-5,8-9,11-12,14-17,22H,6-7,10,13H2,1-2H3,(H,25,26)(H,27,30)(H,28,29)/b12-11+/t16-,17+,22?/m0/s1. The molecule has 1 aromatic heterocycles. The highest BCUT2D eigenvalue weighted by molar-refractivity contribution is 5.90. The van der Waals surface area contributed by atoms with Crippen molar-refractivity contribution in [3.8, 4) is 0 Å². The normalized spacial score (nSPS) is 18.0. The Labute approximate surface area is 187 Å². The third-order valence-corrected chi connectivity index (χ3v) is 4.92. The lowest BCUT2D eigenvalue weighted by atomic mass is 10.1. The average Bonchev–Trinajstić information content (AvgIpc) is 2.83. The van der Waals surface area contributed by atoms with Gasteiger partial charge >= 0.3 is 0 Å². The van der Waals surface area contributed by atoms with Crippen molar-refractivity contribution in [3.05, 3.63) is 60.1 Å². The highest BCUT2D eigenvalue weighted by Gasteiger charge is 2.17. The van der Waals surface area contributed by atoms with Crippen molar-refractivity contribution < 1.29 is 19.2 Å². The number of rotatable bonds is 9. The second-order valence-electron chi connectivity index (χ2n) is 7.55. The molecule has 1 unspecified atom stereocenters. The number of nitrogens with zero attached hydrogens (tertiary/aromatic N) is 2. The molecule has 9 heteroatoms. The van der Waals surface area contributed by atoms with Crippen LogP contribution in [0.1, 0.15) is 50.4 Å². The maximum Gasteiger partial charge on any atom is 0.267 e. The van der Waals surface area contributed by atoms with Gasteiger partial charge in [-0.2, -0.15) is 0 Å². The Morgan fingerprint density at radius 2 is 1.97 bits per heavy atom. The molecule has 0 saturated carbocycles. The number of hydrogen-bond donors (Lipinski definition) is 3. The lowest BCUT2D eigenvalue weighted by Gasteiger charge is -2.21. The Morgan fingerprint density at radius 3 is 2.66 bits per heavy atom. The zero-order chi connectivity index (χ0) is 22.8. The van der Waals surface area contributed by atoms with Gasteiger partial charge in [0.25, 0.3) is 5.91 Å². The number of ether oxygens (including phenoxy) is 1. The van der Waals surface area contributed by atoms with Crippen LogP contribution in [0.5, 0.6) is 0 Å². The van der Waals surface area contributed by atoms with E-state index in [1.807, 2.05) is 37.3 Å². The number of aromatic nitrogens is 2. The minimum Gasteiger partial charge on any atom is -0.357 e. The topological polar surface area (TPSA) is 114 Å². The molecule has 0 radical (unpaired) electrons. The van der Waals surface area contributed by atoms with Crippen LogP contribution in [0.4, 0.5) is 5.82 Å². The van der Waals surface area contributed by atoms with Gasteiger partial charge in [0, 0.05) is 19.1 Å². The van der Waals surface area contributed by atoms with E-state index in [0.29, 0.717) is 18.1 Å². The third-order valence-electron chi connectivity index (χ3n) is 4.92. The largest absolute Gasteiger partial charge is 0.357 e. The van der Waals surface area contributed by atoms with Crippen molar-refractivity contribution in [3.63, 3.8) is 0 Å². The average molecular weight is 440 g/mol. The molecule has 0 bridgehead atoms. The monoisotopic (exact) mass is 439 g/mol. The Morgan fingerprint density at radius 1 is 1.16 bits per heavy atom. The predicted octanol–water partition coefficient (Wildman–Crippen LogP) is 2.74. The van der Waals surface area contributed by atoms with Crippen LogP contribution in [0.2, 0.25) is 0 Å². The molecule has 1 fully saturated rings. The maximum atomic E-state index is 12.5. The highest BCUT2D eigenvalue weighted by atomic mass is 16.8. The van der Waals surface area contributed by atoms with Crippen molar-refractivity contribution in [2.24, 2.45) is 0 Å². The van der Waals surface area contributed by atoms with Crippen molar-refractivity contribution >= 4 is 23.7 Å². The molecule has 2 heterocycles. The van der Waals surface area contributed by atoms with E-state index >= 15 is 0 Å². The van der Waals surface area contributed by atoms with Gasteiger partial charge in [0.15, 0.2) is 6.29 Å². The zero-order valence-corrected chi connectivity index (χ0v) is 18.3. The van der Waals surface area contributed by atoms with Gasteiger partial charge in [-0.05, 0) is 38.3 Å². The van der Waals surface area contributed by atoms with E-state index in [0.717, 1.165) is 24.8 Å². The number of hydroxylamine groups is 1. The van der Waals surface area contributed by atoms with Gasteiger partial charge in [-0.3, -0.25) is 14.6 Å². The van der Waals surface area contributed by atoms with Crippen molar-refractivity contribution in [1.29, 1.82) is 0 Å². The Kier molecular flexibility index (Phi) is 8.70. The van der Waals surface area contributed by atoms with Gasteiger partial charge in [0.1, 0.15) is 11.9 Å². The number of carbonyl (C=O) groups excluding carboxylic acids is 2. The number of nitrogens with one attached hydrogen (secondary N) is 3. The summed E-state index contributed by atoms with van der Waals surface area (Å²) in [5.41, 5.74) is 3.87. The molecule has 1 aliphatic heterocycles. The van der Waals surface area contributed by atoms with Crippen LogP contribution in [-0.2, 0) is 19.2 Å². The zero-order valence-electron chi connectivity index (χ0n) is 18.3. The summed E-state index contributed by atoms with van der Waals surface area (Å²) in [5, 5.41) is 5.99. The van der Waals surface area contributed by atoms with E-state index in [9.17, 15) is 9.59 Å². The highest BCUT2D eigenvalue weighted by Crippen LogP contribution is 2.13. The van der Waals surface area contributed by atoms with Crippen molar-refractivity contribution in [2.75, 3.05) is 11.9 Å². The number of benzene rings is 1.